The minimum absolute atomic E-state index is 0.942. The highest BCUT2D eigenvalue weighted by Gasteiger charge is 1.94. The Kier molecular flexibility index (Phi) is 1.63. The third kappa shape index (κ3) is 0.892. The predicted octanol–water partition coefficient (Wildman–Crippen LogP) is 1.89. The summed E-state index contributed by atoms with van der Waals surface area (Å²) >= 11 is 1.68. The first-order valence-corrected chi connectivity index (χ1v) is 3.47. The molecule has 0 aromatic carbocycles. The molecule has 0 unspecified atom stereocenters. The molecule has 1 radical (unpaired) electrons. The molecule has 0 bridgehead atoms. The van der Waals surface area contributed by atoms with E-state index < -0.39 is 0 Å². The van der Waals surface area contributed by atoms with Crippen molar-refractivity contribution in [3.63, 3.8) is 0 Å². The first kappa shape index (κ1) is 5.76. The Bertz CT molecular complexity index is 169. The van der Waals surface area contributed by atoms with E-state index in [4.69, 9.17) is 0 Å². The third-order valence-corrected chi connectivity index (χ3v) is 2.07. The molecule has 0 aliphatic rings. The molecule has 1 rings (SSSR count). The van der Waals surface area contributed by atoms with Crippen molar-refractivity contribution in [1.29, 1.82) is 0 Å². The van der Waals surface area contributed by atoms with Crippen LogP contribution in [0.5, 0.6) is 0 Å². The van der Waals surface area contributed by atoms with E-state index in [2.05, 4.69) is 18.8 Å². The van der Waals surface area contributed by atoms with Crippen LogP contribution in [0, 0.1) is 6.92 Å². The molecule has 0 atom stereocenters. The SMILES string of the molecule is [CH2]c1ncsc1CC. The first-order valence-electron chi connectivity index (χ1n) is 2.59. The largest absolute Gasteiger partial charge is 0.249 e. The van der Waals surface area contributed by atoms with Gasteiger partial charge in [0.2, 0.25) is 0 Å². The molecule has 0 spiro atoms. The van der Waals surface area contributed by atoms with Gasteiger partial charge in [-0.05, 0) is 13.3 Å². The summed E-state index contributed by atoms with van der Waals surface area (Å²) in [6.07, 6.45) is 1.06. The molecular weight excluding hydrogens is 118 g/mol. The van der Waals surface area contributed by atoms with Crippen LogP contribution in [0.25, 0.3) is 0 Å². The molecule has 1 nitrogen and oxygen atoms in total. The summed E-state index contributed by atoms with van der Waals surface area (Å²) < 4.78 is 0. The molecule has 0 fully saturated rings. The number of aromatic nitrogens is 1. The van der Waals surface area contributed by atoms with Gasteiger partial charge < -0.3 is 0 Å². The van der Waals surface area contributed by atoms with Crippen LogP contribution in [0.4, 0.5) is 0 Å². The topological polar surface area (TPSA) is 12.9 Å². The van der Waals surface area contributed by atoms with Crippen molar-refractivity contribution in [2.24, 2.45) is 0 Å². The van der Waals surface area contributed by atoms with Crippen LogP contribution >= 0.6 is 11.3 Å². The normalized spacial score (nSPS) is 9.75. The standard InChI is InChI=1S/C6H8NS/c1-3-6-5(2)7-4-8-6/h4H,2-3H2,1H3. The molecule has 0 aliphatic carbocycles. The molecule has 43 valence electrons. The number of aryl methyl sites for hydroxylation is 1. The van der Waals surface area contributed by atoms with Crippen LogP contribution in [0.15, 0.2) is 5.51 Å². The van der Waals surface area contributed by atoms with E-state index in [9.17, 15) is 0 Å². The van der Waals surface area contributed by atoms with Crippen molar-refractivity contribution in [2.75, 3.05) is 0 Å². The van der Waals surface area contributed by atoms with Crippen LogP contribution in [-0.4, -0.2) is 4.98 Å². The Labute approximate surface area is 53.4 Å². The fourth-order valence-corrected chi connectivity index (χ4v) is 1.24. The highest BCUT2D eigenvalue weighted by molar-refractivity contribution is 7.09. The molecule has 0 amide bonds. The second-order valence-corrected chi connectivity index (χ2v) is 2.52. The zero-order valence-electron chi connectivity index (χ0n) is 4.85. The van der Waals surface area contributed by atoms with E-state index in [1.165, 1.54) is 4.88 Å². The molecule has 8 heavy (non-hydrogen) atoms. The van der Waals surface area contributed by atoms with Crippen LogP contribution in [0.3, 0.4) is 0 Å². The van der Waals surface area contributed by atoms with Crippen molar-refractivity contribution < 1.29 is 0 Å². The molecule has 2 heteroatoms. The minimum Gasteiger partial charge on any atom is -0.249 e. The van der Waals surface area contributed by atoms with E-state index in [-0.39, 0.29) is 0 Å². The quantitative estimate of drug-likeness (QED) is 0.560. The Morgan fingerprint density at radius 2 is 2.62 bits per heavy atom. The van der Waals surface area contributed by atoms with Crippen LogP contribution in [-0.2, 0) is 6.42 Å². The van der Waals surface area contributed by atoms with Crippen molar-refractivity contribution >= 4 is 11.3 Å². The van der Waals surface area contributed by atoms with Crippen LogP contribution in [0.1, 0.15) is 17.5 Å². The van der Waals surface area contributed by atoms with Gasteiger partial charge in [0.1, 0.15) is 0 Å². The second kappa shape index (κ2) is 2.27. The van der Waals surface area contributed by atoms with Gasteiger partial charge in [-0.3, -0.25) is 0 Å². The summed E-state index contributed by atoms with van der Waals surface area (Å²) in [6.45, 7) is 5.86. The van der Waals surface area contributed by atoms with E-state index >= 15 is 0 Å². The molecule has 0 saturated carbocycles. The van der Waals surface area contributed by atoms with Gasteiger partial charge >= 0.3 is 0 Å². The maximum Gasteiger partial charge on any atom is 0.0797 e. The van der Waals surface area contributed by atoms with Crippen molar-refractivity contribution in [3.8, 4) is 0 Å². The summed E-state index contributed by atoms with van der Waals surface area (Å²) in [6, 6.07) is 0. The molecule has 1 aromatic heterocycles. The maximum absolute atomic E-state index is 3.99. The van der Waals surface area contributed by atoms with Gasteiger partial charge in [-0.2, -0.15) is 0 Å². The Balaban J connectivity index is 2.92. The lowest BCUT2D eigenvalue weighted by molar-refractivity contribution is 1.14. The fourth-order valence-electron chi connectivity index (χ4n) is 0.581. The minimum atomic E-state index is 0.942. The highest BCUT2D eigenvalue weighted by Crippen LogP contribution is 2.11. The predicted molar refractivity (Wildman–Crippen MR) is 36.0 cm³/mol. The van der Waals surface area contributed by atoms with Gasteiger partial charge in [0.25, 0.3) is 0 Å². The van der Waals surface area contributed by atoms with Gasteiger partial charge in [-0.25, -0.2) is 4.98 Å². The van der Waals surface area contributed by atoms with Gasteiger partial charge in [-0.15, -0.1) is 11.3 Å². The molecule has 1 heterocycles. The lowest BCUT2D eigenvalue weighted by Gasteiger charge is -1.85. The third-order valence-electron chi connectivity index (χ3n) is 1.05. The van der Waals surface area contributed by atoms with Crippen molar-refractivity contribution in [3.05, 3.63) is 23.0 Å². The van der Waals surface area contributed by atoms with E-state index in [0.717, 1.165) is 12.1 Å². The highest BCUT2D eigenvalue weighted by atomic mass is 32.1. The van der Waals surface area contributed by atoms with Crippen molar-refractivity contribution in [2.45, 2.75) is 13.3 Å². The smallest absolute Gasteiger partial charge is 0.0797 e. The summed E-state index contributed by atoms with van der Waals surface area (Å²) in [5.41, 5.74) is 2.78. The van der Waals surface area contributed by atoms with E-state index in [1.807, 2.05) is 5.51 Å². The summed E-state index contributed by atoms with van der Waals surface area (Å²) in [7, 11) is 0. The average molecular weight is 126 g/mol. The number of thiazole rings is 1. The molecule has 0 N–H and O–H groups in total. The van der Waals surface area contributed by atoms with Gasteiger partial charge in [-0.1, -0.05) is 6.92 Å². The van der Waals surface area contributed by atoms with E-state index in [1.54, 1.807) is 11.3 Å². The van der Waals surface area contributed by atoms with E-state index in [0.29, 0.717) is 0 Å². The average Bonchev–Trinajstić information content (AvgIpc) is 2.14. The number of rotatable bonds is 1. The molecule has 0 saturated heterocycles. The summed E-state index contributed by atoms with van der Waals surface area (Å²) in [4.78, 5) is 5.29. The van der Waals surface area contributed by atoms with Gasteiger partial charge in [0, 0.05) is 4.88 Å². The molecule has 1 aromatic rings. The monoisotopic (exact) mass is 126 g/mol. The molecule has 0 aliphatic heterocycles. The maximum atomic E-state index is 3.99. The molecular formula is C6H8NS. The zero-order valence-corrected chi connectivity index (χ0v) is 5.66. The lowest BCUT2D eigenvalue weighted by Crippen LogP contribution is -1.76. The number of hydrogen-bond donors (Lipinski definition) is 0. The Morgan fingerprint density at radius 1 is 1.88 bits per heavy atom. The second-order valence-electron chi connectivity index (χ2n) is 1.58. The van der Waals surface area contributed by atoms with Crippen LogP contribution in [0.2, 0.25) is 0 Å². The Hall–Kier alpha value is -0.370. The van der Waals surface area contributed by atoms with Gasteiger partial charge in [0.05, 0.1) is 11.2 Å². The Morgan fingerprint density at radius 3 is 2.88 bits per heavy atom. The summed E-state index contributed by atoms with van der Waals surface area (Å²) in [5.74, 6) is 0. The summed E-state index contributed by atoms with van der Waals surface area (Å²) in [5, 5.41) is 0. The number of hydrogen-bond acceptors (Lipinski definition) is 2. The fraction of sp³-hybridized carbons (Fsp3) is 0.333. The zero-order chi connectivity index (χ0) is 5.98. The number of nitrogens with zero attached hydrogens (tertiary/aromatic N) is 1. The lowest BCUT2D eigenvalue weighted by atomic mass is 10.3. The first-order chi connectivity index (χ1) is 3.84. The van der Waals surface area contributed by atoms with Gasteiger partial charge in [0.15, 0.2) is 0 Å². The van der Waals surface area contributed by atoms with Crippen molar-refractivity contribution in [1.82, 2.24) is 4.98 Å². The van der Waals surface area contributed by atoms with Crippen LogP contribution < -0.4 is 0 Å².